The molecule has 4 nitrogen and oxygen atoms in total. The van der Waals surface area contributed by atoms with Crippen LogP contribution in [0, 0.1) is 13.8 Å². The Morgan fingerprint density at radius 1 is 1.00 bits per heavy atom. The standard InChI is InChI=1S/C28H30N2O2S/c1-18-10-15-24(19(2)16-18)30-25(31)17-33-27(30)22-8-6-7-9-23(22)29-26(32)20-11-13-21(14-12-20)28(3,4)5/h6-16,27H,17H2,1-5H3,(H,29,32)/t27-/m1/s1. The molecule has 1 aliphatic rings. The first-order chi connectivity index (χ1) is 15.6. The summed E-state index contributed by atoms with van der Waals surface area (Å²) in [5.74, 6) is 0.334. The van der Waals surface area contributed by atoms with E-state index in [1.165, 1.54) is 5.56 Å². The molecule has 4 rings (SSSR count). The van der Waals surface area contributed by atoms with E-state index in [0.717, 1.165) is 28.1 Å². The third kappa shape index (κ3) is 4.83. The normalized spacial score (nSPS) is 16.2. The number of hydrogen-bond acceptors (Lipinski definition) is 3. The highest BCUT2D eigenvalue weighted by molar-refractivity contribution is 8.00. The van der Waals surface area contributed by atoms with E-state index in [-0.39, 0.29) is 22.6 Å². The van der Waals surface area contributed by atoms with Crippen molar-refractivity contribution in [2.45, 2.75) is 45.4 Å². The number of amides is 2. The Morgan fingerprint density at radius 2 is 1.70 bits per heavy atom. The van der Waals surface area contributed by atoms with Crippen LogP contribution in [-0.2, 0) is 10.2 Å². The number of nitrogens with one attached hydrogen (secondary N) is 1. The Bertz CT molecular complexity index is 1200. The first-order valence-electron chi connectivity index (χ1n) is 11.2. The zero-order valence-corrected chi connectivity index (χ0v) is 20.6. The molecule has 0 aliphatic carbocycles. The Hall–Kier alpha value is -3.05. The monoisotopic (exact) mass is 458 g/mol. The lowest BCUT2D eigenvalue weighted by Gasteiger charge is -2.27. The van der Waals surface area contributed by atoms with Gasteiger partial charge in [-0.2, -0.15) is 0 Å². The first kappa shape index (κ1) is 23.1. The maximum Gasteiger partial charge on any atom is 0.255 e. The molecule has 0 aromatic heterocycles. The zero-order valence-electron chi connectivity index (χ0n) is 19.8. The maximum atomic E-state index is 13.1. The van der Waals surface area contributed by atoms with Crippen LogP contribution < -0.4 is 10.2 Å². The highest BCUT2D eigenvalue weighted by Crippen LogP contribution is 2.45. The fourth-order valence-corrected chi connectivity index (χ4v) is 5.34. The summed E-state index contributed by atoms with van der Waals surface area (Å²) in [6.07, 6.45) is 0. The molecule has 0 unspecified atom stereocenters. The van der Waals surface area contributed by atoms with Crippen LogP contribution in [0.4, 0.5) is 11.4 Å². The molecule has 0 bridgehead atoms. The largest absolute Gasteiger partial charge is 0.322 e. The second kappa shape index (κ2) is 9.06. The van der Waals surface area contributed by atoms with Crippen molar-refractivity contribution in [3.05, 3.63) is 94.5 Å². The van der Waals surface area contributed by atoms with E-state index < -0.39 is 0 Å². The van der Waals surface area contributed by atoms with Gasteiger partial charge in [0.1, 0.15) is 5.37 Å². The predicted molar refractivity (Wildman–Crippen MR) is 138 cm³/mol. The number of anilines is 2. The summed E-state index contributed by atoms with van der Waals surface area (Å²) in [5.41, 5.74) is 6.62. The van der Waals surface area contributed by atoms with Crippen molar-refractivity contribution < 1.29 is 9.59 Å². The number of para-hydroxylation sites is 1. The van der Waals surface area contributed by atoms with Gasteiger partial charge in [0.25, 0.3) is 5.91 Å². The number of nitrogens with zero attached hydrogens (tertiary/aromatic N) is 1. The summed E-state index contributed by atoms with van der Waals surface area (Å²) >= 11 is 1.59. The summed E-state index contributed by atoms with van der Waals surface area (Å²) < 4.78 is 0. The van der Waals surface area contributed by atoms with Crippen molar-refractivity contribution in [1.29, 1.82) is 0 Å². The van der Waals surface area contributed by atoms with E-state index in [1.54, 1.807) is 11.8 Å². The van der Waals surface area contributed by atoms with Crippen LogP contribution in [-0.4, -0.2) is 17.6 Å². The molecule has 0 saturated carbocycles. The summed E-state index contributed by atoms with van der Waals surface area (Å²) in [7, 11) is 0. The summed E-state index contributed by atoms with van der Waals surface area (Å²) in [4.78, 5) is 27.8. The topological polar surface area (TPSA) is 49.4 Å². The van der Waals surface area contributed by atoms with Gasteiger partial charge < -0.3 is 5.32 Å². The lowest BCUT2D eigenvalue weighted by atomic mass is 9.86. The highest BCUT2D eigenvalue weighted by atomic mass is 32.2. The van der Waals surface area contributed by atoms with Crippen LogP contribution in [0.1, 0.15) is 58.8 Å². The highest BCUT2D eigenvalue weighted by Gasteiger charge is 2.36. The zero-order chi connectivity index (χ0) is 23.8. The van der Waals surface area contributed by atoms with E-state index in [4.69, 9.17) is 0 Å². The molecule has 0 radical (unpaired) electrons. The van der Waals surface area contributed by atoms with Gasteiger partial charge in [-0.25, -0.2) is 0 Å². The first-order valence-corrected chi connectivity index (χ1v) is 12.2. The van der Waals surface area contributed by atoms with Crippen LogP contribution >= 0.6 is 11.8 Å². The van der Waals surface area contributed by atoms with Gasteiger partial charge >= 0.3 is 0 Å². The van der Waals surface area contributed by atoms with E-state index in [1.807, 2.05) is 79.4 Å². The number of aryl methyl sites for hydroxylation is 2. The Labute approximate surface area is 200 Å². The molecule has 1 heterocycles. The third-order valence-electron chi connectivity index (χ3n) is 5.97. The molecule has 1 atom stereocenters. The van der Waals surface area contributed by atoms with Crippen LogP contribution in [0.15, 0.2) is 66.7 Å². The number of carbonyl (C=O) groups excluding carboxylic acids is 2. The number of rotatable bonds is 4. The SMILES string of the molecule is Cc1ccc(N2C(=O)CS[C@@H]2c2ccccc2NC(=O)c2ccc(C(C)(C)C)cc2)c(C)c1. The van der Waals surface area contributed by atoms with E-state index in [2.05, 4.69) is 32.2 Å². The minimum Gasteiger partial charge on any atom is -0.322 e. The minimum atomic E-state index is -0.196. The van der Waals surface area contributed by atoms with Crippen LogP contribution in [0.3, 0.4) is 0 Å². The fourth-order valence-electron chi connectivity index (χ4n) is 4.13. The average molecular weight is 459 g/mol. The van der Waals surface area contributed by atoms with Gasteiger partial charge in [-0.05, 0) is 54.7 Å². The molecule has 5 heteroatoms. The summed E-state index contributed by atoms with van der Waals surface area (Å²) in [6, 6.07) is 21.6. The molecule has 1 fully saturated rings. The smallest absolute Gasteiger partial charge is 0.255 e. The Morgan fingerprint density at radius 3 is 2.36 bits per heavy atom. The Kier molecular flexibility index (Phi) is 6.35. The predicted octanol–water partition coefficient (Wildman–Crippen LogP) is 6.63. The van der Waals surface area contributed by atoms with Crippen molar-refractivity contribution in [2.75, 3.05) is 16.0 Å². The lowest BCUT2D eigenvalue weighted by molar-refractivity contribution is -0.115. The average Bonchev–Trinajstić information content (AvgIpc) is 3.14. The fraction of sp³-hybridized carbons (Fsp3) is 0.286. The van der Waals surface area contributed by atoms with Gasteiger partial charge in [-0.15, -0.1) is 11.8 Å². The van der Waals surface area contributed by atoms with Crippen molar-refractivity contribution in [3.8, 4) is 0 Å². The van der Waals surface area contributed by atoms with Crippen molar-refractivity contribution in [2.24, 2.45) is 0 Å². The molecule has 0 spiro atoms. The molecule has 33 heavy (non-hydrogen) atoms. The second-order valence-corrected chi connectivity index (χ2v) is 10.7. The van der Waals surface area contributed by atoms with Crippen molar-refractivity contribution >= 4 is 35.0 Å². The lowest BCUT2D eigenvalue weighted by Crippen LogP contribution is -2.29. The number of thioether (sulfide) groups is 1. The molecule has 3 aromatic carbocycles. The van der Waals surface area contributed by atoms with Gasteiger partial charge in [-0.1, -0.05) is 68.8 Å². The van der Waals surface area contributed by atoms with Gasteiger partial charge in [-0.3, -0.25) is 14.5 Å². The van der Waals surface area contributed by atoms with Crippen molar-refractivity contribution in [3.63, 3.8) is 0 Å². The van der Waals surface area contributed by atoms with Gasteiger partial charge in [0.15, 0.2) is 0 Å². The molecular formula is C28H30N2O2S. The maximum absolute atomic E-state index is 13.1. The molecule has 1 N–H and O–H groups in total. The van der Waals surface area contributed by atoms with Crippen LogP contribution in [0.25, 0.3) is 0 Å². The van der Waals surface area contributed by atoms with E-state index in [9.17, 15) is 9.59 Å². The molecule has 170 valence electrons. The van der Waals surface area contributed by atoms with Gasteiger partial charge in [0.05, 0.1) is 5.75 Å². The quantitative estimate of drug-likeness (QED) is 0.477. The minimum absolute atomic E-state index is 0.0331. The van der Waals surface area contributed by atoms with E-state index in [0.29, 0.717) is 11.3 Å². The Balaban J connectivity index is 1.63. The molecule has 2 amide bonds. The van der Waals surface area contributed by atoms with Gasteiger partial charge in [0, 0.05) is 22.5 Å². The molecule has 3 aromatic rings. The molecule has 1 aliphatic heterocycles. The summed E-state index contributed by atoms with van der Waals surface area (Å²) in [5, 5.41) is 2.89. The third-order valence-corrected chi connectivity index (χ3v) is 7.16. The summed E-state index contributed by atoms with van der Waals surface area (Å²) in [6.45, 7) is 10.5. The number of benzene rings is 3. The molecule has 1 saturated heterocycles. The van der Waals surface area contributed by atoms with Crippen LogP contribution in [0.2, 0.25) is 0 Å². The number of carbonyl (C=O) groups is 2. The number of hydrogen-bond donors (Lipinski definition) is 1. The van der Waals surface area contributed by atoms with Crippen molar-refractivity contribution in [1.82, 2.24) is 0 Å². The van der Waals surface area contributed by atoms with E-state index >= 15 is 0 Å². The molecular weight excluding hydrogens is 428 g/mol. The van der Waals surface area contributed by atoms with Gasteiger partial charge in [0.2, 0.25) is 5.91 Å². The second-order valence-electron chi connectivity index (χ2n) is 9.59. The van der Waals surface area contributed by atoms with Crippen LogP contribution in [0.5, 0.6) is 0 Å².